The molecule has 2 aromatic rings. The number of anilines is 1. The molecule has 2 aliphatic rings. The number of benzene rings is 2. The highest BCUT2D eigenvalue weighted by atomic mass is 35.5. The van der Waals surface area contributed by atoms with Gasteiger partial charge in [-0.15, -0.1) is 0 Å². The highest BCUT2D eigenvalue weighted by Gasteiger charge is 2.30. The average molecular weight is 382 g/mol. The molecule has 0 bridgehead atoms. The van der Waals surface area contributed by atoms with Crippen LogP contribution in [-0.4, -0.2) is 32.0 Å². The number of halogens is 1. The molecule has 27 heavy (non-hydrogen) atoms. The van der Waals surface area contributed by atoms with E-state index in [0.29, 0.717) is 16.5 Å². The van der Waals surface area contributed by atoms with E-state index in [4.69, 9.17) is 21.1 Å². The van der Waals surface area contributed by atoms with Gasteiger partial charge in [0.25, 0.3) is 0 Å². The van der Waals surface area contributed by atoms with E-state index in [-0.39, 0.29) is 0 Å². The molecule has 138 valence electrons. The Bertz CT molecular complexity index is 981. The molecular formula is C21H20ClN3O2. The van der Waals surface area contributed by atoms with E-state index in [1.165, 1.54) is 0 Å². The Balaban J connectivity index is 1.77. The van der Waals surface area contributed by atoms with Crippen LogP contribution >= 0.6 is 11.6 Å². The Morgan fingerprint density at radius 3 is 2.63 bits per heavy atom. The van der Waals surface area contributed by atoms with Gasteiger partial charge in [0.2, 0.25) is 0 Å². The van der Waals surface area contributed by atoms with Gasteiger partial charge in [-0.2, -0.15) is 0 Å². The van der Waals surface area contributed by atoms with Crippen molar-refractivity contribution in [3.8, 4) is 11.5 Å². The van der Waals surface area contributed by atoms with Crippen molar-refractivity contribution in [2.24, 2.45) is 4.99 Å². The summed E-state index contributed by atoms with van der Waals surface area (Å²) in [5, 5.41) is 5.00. The maximum absolute atomic E-state index is 6.26. The van der Waals surface area contributed by atoms with Gasteiger partial charge < -0.3 is 9.47 Å². The minimum Gasteiger partial charge on any atom is -0.493 e. The molecule has 0 unspecified atom stereocenters. The summed E-state index contributed by atoms with van der Waals surface area (Å²) in [7, 11) is 3.27. The van der Waals surface area contributed by atoms with E-state index in [2.05, 4.69) is 28.0 Å². The second-order valence-electron chi connectivity index (χ2n) is 6.29. The first-order valence-corrected chi connectivity index (χ1v) is 9.01. The van der Waals surface area contributed by atoms with Gasteiger partial charge in [0, 0.05) is 16.8 Å². The molecule has 0 fully saturated rings. The molecule has 0 saturated carbocycles. The van der Waals surface area contributed by atoms with Crippen LogP contribution in [-0.2, 0) is 0 Å². The number of hydrazine groups is 1. The van der Waals surface area contributed by atoms with Crippen molar-refractivity contribution >= 4 is 29.2 Å². The van der Waals surface area contributed by atoms with E-state index in [1.54, 1.807) is 14.2 Å². The SMILES string of the molecule is COc1ccc(C2=CC=NC3=CCN(c4cc(Cl)ccc4C)N32)cc1OC. The van der Waals surface area contributed by atoms with E-state index >= 15 is 0 Å². The summed E-state index contributed by atoms with van der Waals surface area (Å²) >= 11 is 6.26. The molecule has 2 heterocycles. The topological polar surface area (TPSA) is 37.3 Å². The average Bonchev–Trinajstić information content (AvgIpc) is 3.13. The third kappa shape index (κ3) is 3.04. The van der Waals surface area contributed by atoms with Crippen molar-refractivity contribution in [3.63, 3.8) is 0 Å². The second kappa shape index (κ2) is 7.00. The zero-order valence-corrected chi connectivity index (χ0v) is 16.2. The maximum Gasteiger partial charge on any atom is 0.161 e. The van der Waals surface area contributed by atoms with Gasteiger partial charge in [-0.3, -0.25) is 5.01 Å². The van der Waals surface area contributed by atoms with Crippen molar-refractivity contribution in [1.82, 2.24) is 5.01 Å². The first kappa shape index (κ1) is 17.5. The van der Waals surface area contributed by atoms with Crippen molar-refractivity contribution in [2.75, 3.05) is 25.8 Å². The normalized spacial score (nSPS) is 15.4. The van der Waals surface area contributed by atoms with E-state index in [9.17, 15) is 0 Å². The number of aryl methyl sites for hydroxylation is 1. The monoisotopic (exact) mass is 381 g/mol. The number of methoxy groups -OCH3 is 2. The maximum atomic E-state index is 6.26. The van der Waals surface area contributed by atoms with E-state index in [0.717, 1.165) is 34.9 Å². The van der Waals surface area contributed by atoms with Gasteiger partial charge in [0.05, 0.1) is 32.1 Å². The first-order valence-electron chi connectivity index (χ1n) is 8.63. The molecule has 5 nitrogen and oxygen atoms in total. The Morgan fingerprint density at radius 2 is 1.85 bits per heavy atom. The van der Waals surface area contributed by atoms with Crippen LogP contribution in [0, 0.1) is 6.92 Å². The molecule has 0 N–H and O–H groups in total. The van der Waals surface area contributed by atoms with Gasteiger partial charge >= 0.3 is 0 Å². The van der Waals surface area contributed by atoms with Crippen molar-refractivity contribution < 1.29 is 9.47 Å². The highest BCUT2D eigenvalue weighted by molar-refractivity contribution is 6.30. The molecule has 0 amide bonds. The molecule has 2 aliphatic heterocycles. The molecule has 0 aliphatic carbocycles. The zero-order valence-electron chi connectivity index (χ0n) is 15.4. The number of hydrogen-bond donors (Lipinski definition) is 0. The lowest BCUT2D eigenvalue weighted by Gasteiger charge is -2.36. The summed E-state index contributed by atoms with van der Waals surface area (Å²) < 4.78 is 10.8. The van der Waals surface area contributed by atoms with Crippen LogP contribution in [0.5, 0.6) is 11.5 Å². The molecule has 2 aromatic carbocycles. The Hall–Kier alpha value is -2.92. The minimum atomic E-state index is 0.689. The van der Waals surface area contributed by atoms with Gasteiger partial charge in [-0.25, -0.2) is 10.0 Å². The molecule has 4 rings (SSSR count). The summed E-state index contributed by atoms with van der Waals surface area (Å²) in [6.45, 7) is 2.80. The van der Waals surface area contributed by atoms with Crippen LogP contribution < -0.4 is 14.5 Å². The van der Waals surface area contributed by atoms with Gasteiger partial charge in [-0.1, -0.05) is 17.7 Å². The number of ether oxygens (including phenoxy) is 2. The van der Waals surface area contributed by atoms with Gasteiger partial charge in [0.15, 0.2) is 11.5 Å². The molecule has 0 radical (unpaired) electrons. The Morgan fingerprint density at radius 1 is 1.04 bits per heavy atom. The Kier molecular flexibility index (Phi) is 4.54. The predicted molar refractivity (Wildman–Crippen MR) is 109 cm³/mol. The lowest BCUT2D eigenvalue weighted by molar-refractivity contribution is 0.354. The highest BCUT2D eigenvalue weighted by Crippen LogP contribution is 2.39. The molecule has 0 aromatic heterocycles. The fourth-order valence-electron chi connectivity index (χ4n) is 3.36. The summed E-state index contributed by atoms with van der Waals surface area (Å²) in [4.78, 5) is 4.53. The fourth-order valence-corrected chi connectivity index (χ4v) is 3.52. The number of fused-ring (bicyclic) bond motifs is 1. The van der Waals surface area contributed by atoms with E-state index in [1.807, 2.05) is 48.7 Å². The van der Waals surface area contributed by atoms with Crippen LogP contribution in [0.15, 0.2) is 59.4 Å². The third-order valence-corrected chi connectivity index (χ3v) is 4.94. The summed E-state index contributed by atoms with van der Waals surface area (Å²) in [6, 6.07) is 11.8. The van der Waals surface area contributed by atoms with Gasteiger partial charge in [0.1, 0.15) is 5.82 Å². The number of nitrogens with zero attached hydrogens (tertiary/aromatic N) is 3. The minimum absolute atomic E-state index is 0.689. The summed E-state index contributed by atoms with van der Waals surface area (Å²) in [6.07, 6.45) is 5.92. The third-order valence-electron chi connectivity index (χ3n) is 4.70. The standard InChI is InChI=1S/C21H20ClN3O2/c1-14-4-6-16(22)13-18(14)24-11-9-21-23-10-8-17(25(21)24)15-5-7-19(26-2)20(12-15)27-3/h4-10,12-13H,11H2,1-3H3. The van der Waals surface area contributed by atoms with E-state index < -0.39 is 0 Å². The number of aliphatic imine (C=N–C) groups is 1. The Labute approximate surface area is 163 Å². The quantitative estimate of drug-likeness (QED) is 0.771. The molecular weight excluding hydrogens is 362 g/mol. The smallest absolute Gasteiger partial charge is 0.161 e. The molecule has 6 heteroatoms. The van der Waals surface area contributed by atoms with Crippen molar-refractivity contribution in [3.05, 3.63) is 70.5 Å². The lowest BCUT2D eigenvalue weighted by atomic mass is 10.1. The van der Waals surface area contributed by atoms with Crippen LogP contribution in [0.25, 0.3) is 5.70 Å². The van der Waals surface area contributed by atoms with Crippen LogP contribution in [0.3, 0.4) is 0 Å². The molecule has 0 saturated heterocycles. The van der Waals surface area contributed by atoms with Crippen LogP contribution in [0.1, 0.15) is 11.1 Å². The second-order valence-corrected chi connectivity index (χ2v) is 6.72. The number of rotatable bonds is 4. The molecule has 0 spiro atoms. The van der Waals surface area contributed by atoms with Crippen molar-refractivity contribution in [1.29, 1.82) is 0 Å². The molecule has 0 atom stereocenters. The van der Waals surface area contributed by atoms with Crippen LogP contribution in [0.4, 0.5) is 5.69 Å². The van der Waals surface area contributed by atoms with Gasteiger partial charge in [-0.05, 0) is 55.0 Å². The van der Waals surface area contributed by atoms with Crippen molar-refractivity contribution in [2.45, 2.75) is 6.92 Å². The largest absolute Gasteiger partial charge is 0.493 e. The predicted octanol–water partition coefficient (Wildman–Crippen LogP) is 4.67. The fraction of sp³-hybridized carbons (Fsp3) is 0.190. The van der Waals surface area contributed by atoms with Crippen LogP contribution in [0.2, 0.25) is 5.02 Å². The number of allylic oxidation sites excluding steroid dienone is 1. The lowest BCUT2D eigenvalue weighted by Crippen LogP contribution is -2.37. The summed E-state index contributed by atoms with van der Waals surface area (Å²) in [5.41, 5.74) is 4.22. The first-order chi connectivity index (χ1) is 13.1. The summed E-state index contributed by atoms with van der Waals surface area (Å²) in [5.74, 6) is 2.28. The number of hydrogen-bond acceptors (Lipinski definition) is 5. The zero-order chi connectivity index (χ0) is 19.0.